The second kappa shape index (κ2) is 6.87. The minimum absolute atomic E-state index is 0.157. The Morgan fingerprint density at radius 2 is 1.75 bits per heavy atom. The van der Waals surface area contributed by atoms with Gasteiger partial charge in [-0.15, -0.1) is 0 Å². The summed E-state index contributed by atoms with van der Waals surface area (Å²) in [5, 5.41) is 8.91. The second-order valence-electron chi connectivity index (χ2n) is 6.38. The molecule has 2 aromatic carbocycles. The van der Waals surface area contributed by atoms with Gasteiger partial charge in [0.2, 0.25) is 5.91 Å². The number of benzene rings is 2. The summed E-state index contributed by atoms with van der Waals surface area (Å²) in [6.45, 7) is 2.97. The zero-order valence-electron chi connectivity index (χ0n) is 13.7. The van der Waals surface area contributed by atoms with Crippen molar-refractivity contribution in [2.24, 2.45) is 5.92 Å². The Labute approximate surface area is 141 Å². The van der Waals surface area contributed by atoms with Gasteiger partial charge in [-0.2, -0.15) is 0 Å². The Morgan fingerprint density at radius 3 is 2.33 bits per heavy atom. The number of hydrogen-bond acceptors (Lipinski definition) is 2. The molecule has 1 aliphatic rings. The van der Waals surface area contributed by atoms with E-state index in [9.17, 15) is 9.59 Å². The van der Waals surface area contributed by atoms with Gasteiger partial charge >= 0.3 is 5.97 Å². The molecule has 1 saturated heterocycles. The van der Waals surface area contributed by atoms with Crippen molar-refractivity contribution in [1.29, 1.82) is 0 Å². The molecule has 2 atom stereocenters. The Balaban J connectivity index is 1.60. The highest BCUT2D eigenvalue weighted by Gasteiger charge is 2.39. The average Bonchev–Trinajstić information content (AvgIpc) is 2.58. The van der Waals surface area contributed by atoms with E-state index in [2.05, 4.69) is 19.1 Å². The minimum Gasteiger partial charge on any atom is -0.478 e. The summed E-state index contributed by atoms with van der Waals surface area (Å²) in [6, 6.07) is 17.1. The van der Waals surface area contributed by atoms with Gasteiger partial charge in [0.05, 0.1) is 11.6 Å². The molecular weight excluding hydrogens is 302 g/mol. The van der Waals surface area contributed by atoms with Crippen molar-refractivity contribution >= 4 is 11.9 Å². The van der Waals surface area contributed by atoms with Gasteiger partial charge in [-0.25, -0.2) is 4.79 Å². The van der Waals surface area contributed by atoms with Gasteiger partial charge in [-0.05, 0) is 35.6 Å². The Kier molecular flexibility index (Phi) is 4.65. The van der Waals surface area contributed by atoms with Gasteiger partial charge in [0.1, 0.15) is 0 Å². The summed E-state index contributed by atoms with van der Waals surface area (Å²) >= 11 is 0. The van der Waals surface area contributed by atoms with Gasteiger partial charge in [0.25, 0.3) is 0 Å². The molecule has 0 unspecified atom stereocenters. The third-order valence-electron chi connectivity index (χ3n) is 4.65. The fraction of sp³-hybridized carbons (Fsp3) is 0.300. The number of rotatable bonds is 5. The Bertz CT molecular complexity index is 724. The first kappa shape index (κ1) is 16.2. The van der Waals surface area contributed by atoms with Crippen LogP contribution in [0.15, 0.2) is 54.6 Å². The fourth-order valence-corrected chi connectivity index (χ4v) is 3.32. The first-order chi connectivity index (χ1) is 11.6. The monoisotopic (exact) mass is 323 g/mol. The van der Waals surface area contributed by atoms with Crippen LogP contribution >= 0.6 is 0 Å². The molecule has 124 valence electrons. The summed E-state index contributed by atoms with van der Waals surface area (Å²) < 4.78 is 0. The summed E-state index contributed by atoms with van der Waals surface area (Å²) in [5.41, 5.74) is 2.44. The maximum atomic E-state index is 12.5. The summed E-state index contributed by atoms with van der Waals surface area (Å²) in [4.78, 5) is 25.3. The molecule has 1 aliphatic heterocycles. The lowest BCUT2D eigenvalue weighted by Crippen LogP contribution is -2.51. The van der Waals surface area contributed by atoms with Gasteiger partial charge in [-0.1, -0.05) is 49.4 Å². The Hall–Kier alpha value is -2.62. The number of nitrogens with zero attached hydrogens (tertiary/aromatic N) is 1. The van der Waals surface area contributed by atoms with E-state index in [1.165, 1.54) is 5.56 Å². The zero-order valence-corrected chi connectivity index (χ0v) is 13.7. The van der Waals surface area contributed by atoms with Crippen LogP contribution in [0.2, 0.25) is 0 Å². The number of carbonyl (C=O) groups is 2. The van der Waals surface area contributed by atoms with Gasteiger partial charge < -0.3 is 10.0 Å². The van der Waals surface area contributed by atoms with E-state index in [1.54, 1.807) is 24.3 Å². The van der Waals surface area contributed by atoms with E-state index in [1.807, 2.05) is 23.1 Å². The van der Waals surface area contributed by atoms with Crippen LogP contribution in [0.1, 0.15) is 40.9 Å². The smallest absolute Gasteiger partial charge is 0.335 e. The molecule has 2 aromatic rings. The molecule has 1 fully saturated rings. The molecule has 0 spiro atoms. The van der Waals surface area contributed by atoms with Crippen molar-refractivity contribution < 1.29 is 14.7 Å². The molecule has 4 heteroatoms. The predicted octanol–water partition coefficient (Wildman–Crippen LogP) is 3.54. The van der Waals surface area contributed by atoms with Crippen molar-refractivity contribution in [3.05, 3.63) is 71.3 Å². The topological polar surface area (TPSA) is 57.6 Å². The van der Waals surface area contributed by atoms with Crippen molar-refractivity contribution in [3.63, 3.8) is 0 Å². The van der Waals surface area contributed by atoms with E-state index in [0.717, 1.165) is 12.1 Å². The quantitative estimate of drug-likeness (QED) is 0.915. The molecule has 0 aromatic heterocycles. The van der Waals surface area contributed by atoms with Crippen LogP contribution in [-0.4, -0.2) is 28.4 Å². The van der Waals surface area contributed by atoms with Gasteiger partial charge in [0.15, 0.2) is 0 Å². The SMILES string of the molecule is C[C@@H]1CN(C(=O)CCc2ccc(C(=O)O)cc2)[C@@H]1c1ccccc1. The molecular formula is C20H21NO3. The number of aryl methyl sites for hydroxylation is 1. The van der Waals surface area contributed by atoms with Crippen molar-refractivity contribution in [3.8, 4) is 0 Å². The van der Waals surface area contributed by atoms with Gasteiger partial charge in [-0.3, -0.25) is 4.79 Å². The highest BCUT2D eigenvalue weighted by Crippen LogP contribution is 2.38. The van der Waals surface area contributed by atoms with Crippen LogP contribution in [0, 0.1) is 5.92 Å². The van der Waals surface area contributed by atoms with E-state index in [4.69, 9.17) is 5.11 Å². The summed E-state index contributed by atoms with van der Waals surface area (Å²) in [5.74, 6) is -0.298. The first-order valence-corrected chi connectivity index (χ1v) is 8.23. The highest BCUT2D eigenvalue weighted by atomic mass is 16.4. The number of amides is 1. The Morgan fingerprint density at radius 1 is 1.08 bits per heavy atom. The normalized spacial score (nSPS) is 19.6. The third kappa shape index (κ3) is 3.32. The van der Waals surface area contributed by atoms with Crippen LogP contribution in [0.3, 0.4) is 0 Å². The van der Waals surface area contributed by atoms with E-state index < -0.39 is 5.97 Å². The number of likely N-dealkylation sites (tertiary alicyclic amines) is 1. The molecule has 1 N–H and O–H groups in total. The molecule has 1 heterocycles. The maximum Gasteiger partial charge on any atom is 0.335 e. The first-order valence-electron chi connectivity index (χ1n) is 8.23. The van der Waals surface area contributed by atoms with Crippen LogP contribution in [0.4, 0.5) is 0 Å². The van der Waals surface area contributed by atoms with Crippen molar-refractivity contribution in [1.82, 2.24) is 4.90 Å². The van der Waals surface area contributed by atoms with E-state index >= 15 is 0 Å². The fourth-order valence-electron chi connectivity index (χ4n) is 3.32. The molecule has 3 rings (SSSR count). The highest BCUT2D eigenvalue weighted by molar-refractivity contribution is 5.87. The summed E-state index contributed by atoms with van der Waals surface area (Å²) in [6.07, 6.45) is 1.08. The minimum atomic E-state index is -0.933. The number of carbonyl (C=O) groups excluding carboxylic acids is 1. The number of hydrogen-bond donors (Lipinski definition) is 1. The molecule has 0 radical (unpaired) electrons. The van der Waals surface area contributed by atoms with Crippen LogP contribution in [-0.2, 0) is 11.2 Å². The number of carboxylic acids is 1. The zero-order chi connectivity index (χ0) is 17.1. The third-order valence-corrected chi connectivity index (χ3v) is 4.65. The van der Waals surface area contributed by atoms with Crippen LogP contribution < -0.4 is 0 Å². The second-order valence-corrected chi connectivity index (χ2v) is 6.38. The molecule has 24 heavy (non-hydrogen) atoms. The predicted molar refractivity (Wildman–Crippen MR) is 91.8 cm³/mol. The van der Waals surface area contributed by atoms with E-state index in [0.29, 0.717) is 18.8 Å². The molecule has 0 bridgehead atoms. The van der Waals surface area contributed by atoms with Crippen molar-refractivity contribution in [2.75, 3.05) is 6.54 Å². The molecule has 4 nitrogen and oxygen atoms in total. The lowest BCUT2D eigenvalue weighted by Gasteiger charge is -2.47. The van der Waals surface area contributed by atoms with E-state index in [-0.39, 0.29) is 17.5 Å². The molecule has 0 aliphatic carbocycles. The average molecular weight is 323 g/mol. The molecule has 0 saturated carbocycles. The van der Waals surface area contributed by atoms with Crippen molar-refractivity contribution in [2.45, 2.75) is 25.8 Å². The standard InChI is InChI=1S/C20H21NO3/c1-14-13-21(19(14)16-5-3-2-4-6-16)18(22)12-9-15-7-10-17(11-8-15)20(23)24/h2-8,10-11,14,19H,9,12-13H2,1H3,(H,23,24)/t14-,19+/m1/s1. The van der Waals surface area contributed by atoms with Crippen LogP contribution in [0.25, 0.3) is 0 Å². The number of aromatic carboxylic acids is 1. The largest absolute Gasteiger partial charge is 0.478 e. The lowest BCUT2D eigenvalue weighted by atomic mass is 9.84. The lowest BCUT2D eigenvalue weighted by molar-refractivity contribution is -0.143. The van der Waals surface area contributed by atoms with Crippen LogP contribution in [0.5, 0.6) is 0 Å². The number of carboxylic acid groups (broad SMARTS) is 1. The maximum absolute atomic E-state index is 12.5. The van der Waals surface area contributed by atoms with Gasteiger partial charge in [0, 0.05) is 13.0 Å². The molecule has 1 amide bonds. The summed E-state index contributed by atoms with van der Waals surface area (Å²) in [7, 11) is 0.